The molecule has 0 bridgehead atoms. The predicted molar refractivity (Wildman–Crippen MR) is 64.5 cm³/mol. The van der Waals surface area contributed by atoms with Crippen LogP contribution < -0.4 is 0 Å². The number of hydrogen-bond donors (Lipinski definition) is 2. The van der Waals surface area contributed by atoms with Crippen molar-refractivity contribution in [2.24, 2.45) is 4.99 Å². The number of furan rings is 1. The highest BCUT2D eigenvalue weighted by atomic mass is 16.3. The third kappa shape index (κ3) is 2.66. The number of benzene rings is 1. The first-order valence-electron chi connectivity index (χ1n) is 5.21. The minimum Gasteiger partial charge on any atom is -0.508 e. The van der Waals surface area contributed by atoms with E-state index in [1.165, 1.54) is 6.07 Å². The predicted octanol–water partition coefficient (Wildman–Crippen LogP) is 2.62. The van der Waals surface area contributed by atoms with E-state index in [0.29, 0.717) is 12.1 Å². The van der Waals surface area contributed by atoms with Gasteiger partial charge in [-0.1, -0.05) is 0 Å². The molecule has 1 aromatic carbocycles. The Hall–Kier alpha value is -2.23. The van der Waals surface area contributed by atoms with Crippen molar-refractivity contribution in [2.75, 3.05) is 0 Å². The van der Waals surface area contributed by atoms with E-state index in [-0.39, 0.29) is 11.5 Å². The maximum Gasteiger partial charge on any atom is 0.128 e. The van der Waals surface area contributed by atoms with Gasteiger partial charge in [-0.25, -0.2) is 0 Å². The Labute approximate surface area is 98.9 Å². The lowest BCUT2D eigenvalue weighted by atomic mass is 10.1. The van der Waals surface area contributed by atoms with E-state index in [1.807, 2.05) is 6.07 Å². The fraction of sp³-hybridized carbons (Fsp3) is 0.154. The third-order valence-electron chi connectivity index (χ3n) is 2.40. The quantitative estimate of drug-likeness (QED) is 0.798. The van der Waals surface area contributed by atoms with Gasteiger partial charge in [0.05, 0.1) is 12.8 Å². The van der Waals surface area contributed by atoms with Crippen LogP contribution in [0.5, 0.6) is 11.5 Å². The summed E-state index contributed by atoms with van der Waals surface area (Å²) in [7, 11) is 0. The Morgan fingerprint density at radius 1 is 1.35 bits per heavy atom. The summed E-state index contributed by atoms with van der Waals surface area (Å²) in [6, 6.07) is 6.50. The first-order valence-corrected chi connectivity index (χ1v) is 5.21. The van der Waals surface area contributed by atoms with Crippen molar-refractivity contribution in [1.29, 1.82) is 0 Å². The summed E-state index contributed by atoms with van der Waals surface area (Å²) >= 11 is 0. The monoisotopic (exact) mass is 231 g/mol. The van der Waals surface area contributed by atoms with Gasteiger partial charge < -0.3 is 14.6 Å². The molecule has 17 heavy (non-hydrogen) atoms. The van der Waals surface area contributed by atoms with Crippen molar-refractivity contribution in [2.45, 2.75) is 13.5 Å². The molecule has 0 fully saturated rings. The van der Waals surface area contributed by atoms with E-state index >= 15 is 0 Å². The Bertz CT molecular complexity index is 507. The van der Waals surface area contributed by atoms with Crippen LogP contribution >= 0.6 is 0 Å². The van der Waals surface area contributed by atoms with Gasteiger partial charge in [0, 0.05) is 17.8 Å². The zero-order chi connectivity index (χ0) is 12.3. The van der Waals surface area contributed by atoms with Gasteiger partial charge in [-0.2, -0.15) is 0 Å². The van der Waals surface area contributed by atoms with Gasteiger partial charge in [0.15, 0.2) is 0 Å². The number of phenols is 2. The average Bonchev–Trinajstić information content (AvgIpc) is 2.74. The Balaban J connectivity index is 2.16. The maximum atomic E-state index is 9.65. The van der Waals surface area contributed by atoms with Crippen molar-refractivity contribution >= 4 is 6.21 Å². The maximum absolute atomic E-state index is 9.65. The van der Waals surface area contributed by atoms with Gasteiger partial charge in [-0.15, -0.1) is 0 Å². The van der Waals surface area contributed by atoms with Gasteiger partial charge in [0.25, 0.3) is 0 Å². The SMILES string of the molecule is Cc1cc(O)cc(O)c1C=NCc1ccco1. The molecule has 0 spiro atoms. The highest BCUT2D eigenvalue weighted by Gasteiger charge is 2.04. The molecule has 0 amide bonds. The summed E-state index contributed by atoms with van der Waals surface area (Å²) in [5, 5.41) is 18.9. The first-order chi connectivity index (χ1) is 8.16. The van der Waals surface area contributed by atoms with Crippen LogP contribution in [0.25, 0.3) is 0 Å². The Morgan fingerprint density at radius 3 is 2.82 bits per heavy atom. The third-order valence-corrected chi connectivity index (χ3v) is 2.40. The van der Waals surface area contributed by atoms with Gasteiger partial charge in [-0.05, 0) is 30.7 Å². The lowest BCUT2D eigenvalue weighted by Crippen LogP contribution is -1.89. The van der Waals surface area contributed by atoms with Gasteiger partial charge in [-0.3, -0.25) is 4.99 Å². The smallest absolute Gasteiger partial charge is 0.128 e. The number of aryl methyl sites for hydroxylation is 1. The Morgan fingerprint density at radius 2 is 2.18 bits per heavy atom. The molecule has 1 aromatic heterocycles. The molecule has 0 unspecified atom stereocenters. The van der Waals surface area contributed by atoms with Crippen molar-refractivity contribution in [3.8, 4) is 11.5 Å². The number of hydrogen-bond acceptors (Lipinski definition) is 4. The molecule has 0 saturated carbocycles. The summed E-state index contributed by atoms with van der Waals surface area (Å²) in [5.74, 6) is 0.825. The second-order valence-corrected chi connectivity index (χ2v) is 3.74. The fourth-order valence-corrected chi connectivity index (χ4v) is 1.56. The van der Waals surface area contributed by atoms with E-state index in [4.69, 9.17) is 4.42 Å². The summed E-state index contributed by atoms with van der Waals surface area (Å²) in [5.41, 5.74) is 1.38. The van der Waals surface area contributed by atoms with E-state index in [0.717, 1.165) is 11.3 Å². The van der Waals surface area contributed by atoms with Crippen LogP contribution in [-0.4, -0.2) is 16.4 Å². The van der Waals surface area contributed by atoms with Crippen molar-refractivity contribution in [3.63, 3.8) is 0 Å². The van der Waals surface area contributed by atoms with Crippen LogP contribution in [0, 0.1) is 6.92 Å². The van der Waals surface area contributed by atoms with Crippen molar-refractivity contribution < 1.29 is 14.6 Å². The van der Waals surface area contributed by atoms with Crippen LogP contribution in [0.4, 0.5) is 0 Å². The van der Waals surface area contributed by atoms with E-state index in [2.05, 4.69) is 4.99 Å². The molecule has 0 aliphatic rings. The van der Waals surface area contributed by atoms with Gasteiger partial charge >= 0.3 is 0 Å². The molecule has 2 aromatic rings. The standard InChI is InChI=1S/C13H13NO3/c1-9-5-10(15)6-13(16)12(9)8-14-7-11-3-2-4-17-11/h2-6,8,15-16H,7H2,1H3. The van der Waals surface area contributed by atoms with E-state index in [9.17, 15) is 10.2 Å². The summed E-state index contributed by atoms with van der Waals surface area (Å²) < 4.78 is 5.13. The highest BCUT2D eigenvalue weighted by molar-refractivity contribution is 5.85. The number of aliphatic imine (C=N–C) groups is 1. The molecule has 0 atom stereocenters. The minimum atomic E-state index is 0.0192. The molecule has 2 N–H and O–H groups in total. The lowest BCUT2D eigenvalue weighted by molar-refractivity contribution is 0.449. The summed E-state index contributed by atoms with van der Waals surface area (Å²) in [6.07, 6.45) is 3.17. The molecule has 4 nitrogen and oxygen atoms in total. The average molecular weight is 231 g/mol. The minimum absolute atomic E-state index is 0.0192. The van der Waals surface area contributed by atoms with Crippen LogP contribution in [0.2, 0.25) is 0 Å². The molecule has 0 aliphatic heterocycles. The fourth-order valence-electron chi connectivity index (χ4n) is 1.56. The molecule has 0 saturated heterocycles. The molecule has 0 aliphatic carbocycles. The van der Waals surface area contributed by atoms with Crippen LogP contribution in [-0.2, 0) is 6.54 Å². The largest absolute Gasteiger partial charge is 0.508 e. The summed E-state index contributed by atoms with van der Waals surface area (Å²) in [6.45, 7) is 2.22. The molecule has 88 valence electrons. The van der Waals surface area contributed by atoms with Crippen molar-refractivity contribution in [1.82, 2.24) is 0 Å². The first kappa shape index (κ1) is 11.3. The zero-order valence-corrected chi connectivity index (χ0v) is 9.42. The number of rotatable bonds is 3. The number of aromatic hydroxyl groups is 2. The van der Waals surface area contributed by atoms with E-state index in [1.54, 1.807) is 31.5 Å². The molecular formula is C13H13NO3. The zero-order valence-electron chi connectivity index (χ0n) is 9.42. The molecular weight excluding hydrogens is 218 g/mol. The van der Waals surface area contributed by atoms with Crippen LogP contribution in [0.3, 0.4) is 0 Å². The van der Waals surface area contributed by atoms with Gasteiger partial charge in [0.1, 0.15) is 17.3 Å². The molecule has 2 rings (SSSR count). The number of phenolic OH excluding ortho intramolecular Hbond substituents is 2. The normalized spacial score (nSPS) is 11.1. The molecule has 1 heterocycles. The highest BCUT2D eigenvalue weighted by Crippen LogP contribution is 2.25. The number of nitrogens with zero attached hydrogens (tertiary/aromatic N) is 1. The van der Waals surface area contributed by atoms with Crippen LogP contribution in [0.15, 0.2) is 39.9 Å². The second kappa shape index (κ2) is 4.74. The molecule has 0 radical (unpaired) electrons. The lowest BCUT2D eigenvalue weighted by Gasteiger charge is -2.03. The van der Waals surface area contributed by atoms with Gasteiger partial charge in [0.2, 0.25) is 0 Å². The van der Waals surface area contributed by atoms with E-state index < -0.39 is 0 Å². The summed E-state index contributed by atoms with van der Waals surface area (Å²) in [4.78, 5) is 4.18. The Kier molecular flexibility index (Phi) is 3.14. The van der Waals surface area contributed by atoms with Crippen molar-refractivity contribution in [3.05, 3.63) is 47.4 Å². The topological polar surface area (TPSA) is 66.0 Å². The second-order valence-electron chi connectivity index (χ2n) is 3.74. The molecule has 4 heteroatoms. The van der Waals surface area contributed by atoms with Crippen LogP contribution in [0.1, 0.15) is 16.9 Å².